The molecule has 0 aliphatic heterocycles. The molecule has 2 heterocycles. The second-order valence-electron chi connectivity index (χ2n) is 12.6. The number of nitrogens with zero attached hydrogens (tertiary/aromatic N) is 2. The molecule has 0 aliphatic rings. The van der Waals surface area contributed by atoms with Gasteiger partial charge in [-0.3, -0.25) is 0 Å². The second-order valence-corrected chi connectivity index (χ2v) is 12.6. The lowest BCUT2D eigenvalue weighted by Gasteiger charge is -2.25. The number of para-hydroxylation sites is 2. The summed E-state index contributed by atoms with van der Waals surface area (Å²) in [6.07, 6.45) is 0. The molecule has 230 valence electrons. The van der Waals surface area contributed by atoms with Crippen LogP contribution in [-0.4, -0.2) is 4.57 Å². The fourth-order valence-corrected chi connectivity index (χ4v) is 7.58. The van der Waals surface area contributed by atoms with E-state index >= 15 is 0 Å². The highest BCUT2D eigenvalue weighted by molar-refractivity contribution is 6.22. The van der Waals surface area contributed by atoms with Gasteiger partial charge in [0.1, 0.15) is 11.2 Å². The summed E-state index contributed by atoms with van der Waals surface area (Å²) >= 11 is 0. The largest absolute Gasteiger partial charge is 0.456 e. The Kier molecular flexibility index (Phi) is 6.18. The van der Waals surface area contributed by atoms with Gasteiger partial charge in [-0.1, -0.05) is 115 Å². The zero-order valence-corrected chi connectivity index (χ0v) is 26.6. The molecule has 3 heteroatoms. The van der Waals surface area contributed by atoms with E-state index < -0.39 is 0 Å². The van der Waals surface area contributed by atoms with Crippen molar-refractivity contribution < 1.29 is 4.42 Å². The average Bonchev–Trinajstić information content (AvgIpc) is 3.72. The standard InChI is InChI=1S/C46H30N2O/c1-3-12-31(13-4-1)32-22-25-35(26-23-32)47(34-15-5-2-6-16-34)36-27-28-39-44(30-36)49-43-21-11-20-41(46(39)43)48-40-19-10-9-18-38(40)45-37-17-8-7-14-33(37)24-29-42(45)48/h1-30H. The molecule has 3 nitrogen and oxygen atoms in total. The van der Waals surface area contributed by atoms with E-state index in [1.165, 1.54) is 43.7 Å². The fourth-order valence-electron chi connectivity index (χ4n) is 7.58. The Morgan fingerprint density at radius 2 is 1.06 bits per heavy atom. The van der Waals surface area contributed by atoms with Crippen LogP contribution in [0.2, 0.25) is 0 Å². The minimum absolute atomic E-state index is 0.855. The Labute approximate surface area is 283 Å². The molecule has 0 fully saturated rings. The molecule has 0 radical (unpaired) electrons. The van der Waals surface area contributed by atoms with Crippen LogP contribution in [0.15, 0.2) is 186 Å². The van der Waals surface area contributed by atoms with E-state index in [1.54, 1.807) is 0 Å². The van der Waals surface area contributed by atoms with Gasteiger partial charge >= 0.3 is 0 Å². The first-order valence-corrected chi connectivity index (χ1v) is 16.7. The average molecular weight is 627 g/mol. The smallest absolute Gasteiger partial charge is 0.137 e. The predicted molar refractivity (Wildman–Crippen MR) is 206 cm³/mol. The van der Waals surface area contributed by atoms with Crippen molar-refractivity contribution in [1.82, 2.24) is 4.57 Å². The zero-order chi connectivity index (χ0) is 32.3. The number of rotatable bonds is 5. The molecule has 0 saturated heterocycles. The SMILES string of the molecule is c1ccc(-c2ccc(N(c3ccccc3)c3ccc4c(c3)oc3cccc(-n5c6ccccc6c6c7ccccc7ccc65)c34)cc2)cc1. The Hall–Kier alpha value is -6.58. The van der Waals surface area contributed by atoms with Gasteiger partial charge < -0.3 is 13.9 Å². The van der Waals surface area contributed by atoms with Crippen LogP contribution in [0, 0.1) is 0 Å². The summed E-state index contributed by atoms with van der Waals surface area (Å²) in [5.41, 5.74) is 10.8. The van der Waals surface area contributed by atoms with Crippen molar-refractivity contribution in [3.8, 4) is 16.8 Å². The minimum Gasteiger partial charge on any atom is -0.456 e. The van der Waals surface area contributed by atoms with Crippen LogP contribution in [0.5, 0.6) is 0 Å². The number of hydrogen-bond donors (Lipinski definition) is 0. The molecule has 10 aromatic rings. The van der Waals surface area contributed by atoms with Crippen molar-refractivity contribution in [3.63, 3.8) is 0 Å². The van der Waals surface area contributed by atoms with Crippen molar-refractivity contribution in [2.75, 3.05) is 4.90 Å². The molecule has 8 aromatic carbocycles. The lowest BCUT2D eigenvalue weighted by atomic mass is 10.0. The van der Waals surface area contributed by atoms with Gasteiger partial charge in [-0.05, 0) is 82.6 Å². The van der Waals surface area contributed by atoms with Crippen molar-refractivity contribution in [2.24, 2.45) is 0 Å². The quantitative estimate of drug-likeness (QED) is 0.190. The highest BCUT2D eigenvalue weighted by Crippen LogP contribution is 2.43. The Balaban J connectivity index is 1.16. The van der Waals surface area contributed by atoms with Gasteiger partial charge in [0.2, 0.25) is 0 Å². The van der Waals surface area contributed by atoms with Gasteiger partial charge in [0, 0.05) is 39.3 Å². The van der Waals surface area contributed by atoms with Crippen LogP contribution >= 0.6 is 0 Å². The molecular weight excluding hydrogens is 597 g/mol. The van der Waals surface area contributed by atoms with E-state index in [4.69, 9.17) is 4.42 Å². The first kappa shape index (κ1) is 27.5. The van der Waals surface area contributed by atoms with E-state index in [2.05, 4.69) is 191 Å². The number of aromatic nitrogens is 1. The highest BCUT2D eigenvalue weighted by Gasteiger charge is 2.20. The molecule has 2 aromatic heterocycles. The van der Waals surface area contributed by atoms with Gasteiger partial charge in [0.05, 0.1) is 22.1 Å². The second kappa shape index (κ2) is 11.0. The molecule has 0 bridgehead atoms. The van der Waals surface area contributed by atoms with Crippen LogP contribution in [0.1, 0.15) is 0 Å². The van der Waals surface area contributed by atoms with Gasteiger partial charge in [-0.2, -0.15) is 0 Å². The summed E-state index contributed by atoms with van der Waals surface area (Å²) in [6.45, 7) is 0. The fraction of sp³-hybridized carbons (Fsp3) is 0. The van der Waals surface area contributed by atoms with E-state index in [0.717, 1.165) is 44.7 Å². The molecule has 0 amide bonds. The normalized spacial score (nSPS) is 11.7. The molecule has 0 aliphatic carbocycles. The minimum atomic E-state index is 0.855. The van der Waals surface area contributed by atoms with Crippen molar-refractivity contribution in [3.05, 3.63) is 182 Å². The number of furan rings is 1. The third kappa shape index (κ3) is 4.37. The number of fused-ring (bicyclic) bond motifs is 8. The molecular formula is C46H30N2O. The molecule has 0 saturated carbocycles. The van der Waals surface area contributed by atoms with E-state index in [0.29, 0.717) is 0 Å². The van der Waals surface area contributed by atoms with Crippen molar-refractivity contribution >= 4 is 71.6 Å². The number of anilines is 3. The molecule has 0 spiro atoms. The third-order valence-electron chi connectivity index (χ3n) is 9.77. The summed E-state index contributed by atoms with van der Waals surface area (Å²) in [5, 5.41) is 7.24. The maximum Gasteiger partial charge on any atom is 0.137 e. The lowest BCUT2D eigenvalue weighted by Crippen LogP contribution is -2.09. The van der Waals surface area contributed by atoms with Crippen molar-refractivity contribution in [2.45, 2.75) is 0 Å². The van der Waals surface area contributed by atoms with E-state index in [-0.39, 0.29) is 0 Å². The number of hydrogen-bond acceptors (Lipinski definition) is 2. The van der Waals surface area contributed by atoms with Gasteiger partial charge in [0.25, 0.3) is 0 Å². The Bertz CT molecular complexity index is 2810. The van der Waals surface area contributed by atoms with Gasteiger partial charge in [0.15, 0.2) is 0 Å². The summed E-state index contributed by atoms with van der Waals surface area (Å²) < 4.78 is 9.09. The first-order chi connectivity index (χ1) is 24.3. The van der Waals surface area contributed by atoms with E-state index in [9.17, 15) is 0 Å². The maximum absolute atomic E-state index is 6.69. The lowest BCUT2D eigenvalue weighted by molar-refractivity contribution is 0.669. The summed E-state index contributed by atoms with van der Waals surface area (Å²) in [4.78, 5) is 2.29. The van der Waals surface area contributed by atoms with Gasteiger partial charge in [-0.15, -0.1) is 0 Å². The molecule has 0 N–H and O–H groups in total. The Morgan fingerprint density at radius 1 is 0.388 bits per heavy atom. The van der Waals surface area contributed by atoms with Crippen molar-refractivity contribution in [1.29, 1.82) is 0 Å². The predicted octanol–water partition coefficient (Wildman–Crippen LogP) is 13.0. The van der Waals surface area contributed by atoms with E-state index in [1.807, 2.05) is 0 Å². The van der Waals surface area contributed by atoms with Crippen LogP contribution in [0.3, 0.4) is 0 Å². The molecule has 10 rings (SSSR count). The molecule has 0 unspecified atom stereocenters. The highest BCUT2D eigenvalue weighted by atomic mass is 16.3. The van der Waals surface area contributed by atoms with Crippen LogP contribution < -0.4 is 4.90 Å². The van der Waals surface area contributed by atoms with Crippen LogP contribution in [0.4, 0.5) is 17.1 Å². The summed E-state index contributed by atoms with van der Waals surface area (Å²) in [7, 11) is 0. The Morgan fingerprint density at radius 3 is 1.90 bits per heavy atom. The first-order valence-electron chi connectivity index (χ1n) is 16.7. The summed E-state index contributed by atoms with van der Waals surface area (Å²) in [6, 6.07) is 64.7. The summed E-state index contributed by atoms with van der Waals surface area (Å²) in [5.74, 6) is 0. The van der Waals surface area contributed by atoms with Crippen LogP contribution in [0.25, 0.3) is 71.3 Å². The third-order valence-corrected chi connectivity index (χ3v) is 9.77. The van der Waals surface area contributed by atoms with Gasteiger partial charge in [-0.25, -0.2) is 0 Å². The topological polar surface area (TPSA) is 21.3 Å². The monoisotopic (exact) mass is 626 g/mol. The molecule has 0 atom stereocenters. The maximum atomic E-state index is 6.69. The molecule has 49 heavy (non-hydrogen) atoms. The zero-order valence-electron chi connectivity index (χ0n) is 26.6. The van der Waals surface area contributed by atoms with Crippen LogP contribution in [-0.2, 0) is 0 Å². The number of benzene rings is 8.